The van der Waals surface area contributed by atoms with Gasteiger partial charge in [0.25, 0.3) is 5.69 Å². The predicted molar refractivity (Wildman–Crippen MR) is 135 cm³/mol. The van der Waals surface area contributed by atoms with Gasteiger partial charge in [-0.1, -0.05) is 54.6 Å². The van der Waals surface area contributed by atoms with E-state index in [1.165, 1.54) is 11.1 Å². The van der Waals surface area contributed by atoms with E-state index in [-0.39, 0.29) is 0 Å². The first-order valence-corrected chi connectivity index (χ1v) is 11.5. The normalized spacial score (nSPS) is 11.5. The first-order valence-electron chi connectivity index (χ1n) is 11.5. The zero-order valence-corrected chi connectivity index (χ0v) is 19.7. The minimum atomic E-state index is 0.642. The second-order valence-corrected chi connectivity index (χ2v) is 8.86. The molecule has 166 valence electrons. The van der Waals surface area contributed by atoms with Crippen molar-refractivity contribution in [2.75, 3.05) is 0 Å². The van der Waals surface area contributed by atoms with Crippen molar-refractivity contribution >= 4 is 22.1 Å². The number of fused-ring (bicyclic) bond motifs is 3. The molecule has 4 nitrogen and oxygen atoms in total. The molecule has 6 rings (SSSR count). The van der Waals surface area contributed by atoms with Gasteiger partial charge >= 0.3 is 5.89 Å². The van der Waals surface area contributed by atoms with Crippen molar-refractivity contribution in [2.24, 2.45) is 0 Å². The molecule has 4 heteroatoms. The molecule has 0 fully saturated rings. The van der Waals surface area contributed by atoms with Gasteiger partial charge in [-0.2, -0.15) is 0 Å². The second kappa shape index (κ2) is 7.70. The quantitative estimate of drug-likeness (QED) is 0.266. The number of nitrogens with zero attached hydrogens (tertiary/aromatic N) is 2. The summed E-state index contributed by atoms with van der Waals surface area (Å²) in [6.07, 6.45) is 1.77. The molecule has 3 heterocycles. The van der Waals surface area contributed by atoms with Gasteiger partial charge in [-0.3, -0.25) is 0 Å². The molecule has 0 saturated heterocycles. The lowest BCUT2D eigenvalue weighted by molar-refractivity contribution is -0.592. The van der Waals surface area contributed by atoms with Crippen molar-refractivity contribution in [3.05, 3.63) is 101 Å². The Bertz CT molecular complexity index is 1670. The Morgan fingerprint density at radius 2 is 1.44 bits per heavy atom. The number of hydrogen-bond acceptors (Lipinski definition) is 3. The fourth-order valence-electron chi connectivity index (χ4n) is 4.95. The fourth-order valence-corrected chi connectivity index (χ4v) is 4.95. The minimum absolute atomic E-state index is 0.642. The van der Waals surface area contributed by atoms with Gasteiger partial charge in [0.2, 0.25) is 22.8 Å². The third-order valence-electron chi connectivity index (χ3n) is 6.61. The van der Waals surface area contributed by atoms with Crippen LogP contribution < -0.4 is 4.57 Å². The Hall–Kier alpha value is -4.18. The molecule has 3 aromatic carbocycles. The summed E-state index contributed by atoms with van der Waals surface area (Å²) in [5.41, 5.74) is 9.03. The number of aryl methyl sites for hydroxylation is 3. The second-order valence-electron chi connectivity index (χ2n) is 8.86. The van der Waals surface area contributed by atoms with E-state index >= 15 is 0 Å². The zero-order chi connectivity index (χ0) is 23.4. The van der Waals surface area contributed by atoms with Crippen molar-refractivity contribution in [1.82, 2.24) is 4.98 Å². The molecule has 34 heavy (non-hydrogen) atoms. The van der Waals surface area contributed by atoms with Crippen LogP contribution in [0.4, 0.5) is 0 Å². The van der Waals surface area contributed by atoms with E-state index in [0.29, 0.717) is 5.71 Å². The van der Waals surface area contributed by atoms with Crippen molar-refractivity contribution in [3.63, 3.8) is 0 Å². The molecule has 0 radical (unpaired) electrons. The number of rotatable bonds is 3. The average molecular weight is 446 g/mol. The van der Waals surface area contributed by atoms with Gasteiger partial charge in [-0.25, -0.2) is 4.98 Å². The molecule has 0 aliphatic heterocycles. The van der Waals surface area contributed by atoms with E-state index in [4.69, 9.17) is 8.83 Å². The zero-order valence-electron chi connectivity index (χ0n) is 19.7. The first kappa shape index (κ1) is 20.4. The van der Waals surface area contributed by atoms with Crippen molar-refractivity contribution in [1.29, 1.82) is 0 Å². The maximum Gasteiger partial charge on any atom is 0.387 e. The standard InChI is InChI=1S/C30H25N2O2/c1-18-10-8-11-19(2)25(18)30-32(21(4)27(34-30)22-12-6-5-7-13-22)26-20(3)15-16-23-24-14-9-17-31-29(24)33-28(23)26/h5-17H,1-4H3/q+1. The number of hydrogen-bond donors (Lipinski definition) is 0. The van der Waals surface area contributed by atoms with Gasteiger partial charge in [0, 0.05) is 35.0 Å². The molecule has 0 aliphatic rings. The molecule has 0 aliphatic carbocycles. The Balaban J connectivity index is 1.76. The highest BCUT2D eigenvalue weighted by Gasteiger charge is 2.35. The molecule has 0 N–H and O–H groups in total. The number of aromatic nitrogens is 2. The summed E-state index contributed by atoms with van der Waals surface area (Å²) in [4.78, 5) is 4.47. The lowest BCUT2D eigenvalue weighted by Gasteiger charge is -2.06. The van der Waals surface area contributed by atoms with Crippen LogP contribution in [0.15, 0.2) is 87.8 Å². The first-order chi connectivity index (χ1) is 16.5. The third kappa shape index (κ3) is 2.99. The SMILES string of the molecule is Cc1cccc(C)c1-c1oc(-c2ccccc2)c(C)[n+]1-c1c(C)ccc2c1oc1ncccc12. The van der Waals surface area contributed by atoms with E-state index in [2.05, 4.69) is 85.8 Å². The van der Waals surface area contributed by atoms with E-state index < -0.39 is 0 Å². The minimum Gasteiger partial charge on any atom is -0.431 e. The van der Waals surface area contributed by atoms with Crippen molar-refractivity contribution in [3.8, 4) is 28.5 Å². The van der Waals surface area contributed by atoms with Gasteiger partial charge < -0.3 is 8.83 Å². The number of oxazole rings is 1. The highest BCUT2D eigenvalue weighted by Crippen LogP contribution is 2.37. The van der Waals surface area contributed by atoms with E-state index in [0.717, 1.165) is 56.1 Å². The van der Waals surface area contributed by atoms with Crippen molar-refractivity contribution in [2.45, 2.75) is 27.7 Å². The topological polar surface area (TPSA) is 43.0 Å². The highest BCUT2D eigenvalue weighted by molar-refractivity contribution is 6.06. The Kier molecular flexibility index (Phi) is 4.63. The Morgan fingerprint density at radius 1 is 0.676 bits per heavy atom. The summed E-state index contributed by atoms with van der Waals surface area (Å²) in [7, 11) is 0. The molecular formula is C30H25N2O2+. The summed E-state index contributed by atoms with van der Waals surface area (Å²) in [5, 5.41) is 2.06. The summed E-state index contributed by atoms with van der Waals surface area (Å²) >= 11 is 0. The van der Waals surface area contributed by atoms with Crippen LogP contribution in [0, 0.1) is 27.7 Å². The maximum atomic E-state index is 6.72. The van der Waals surface area contributed by atoms with Gasteiger partial charge in [-0.05, 0) is 50.1 Å². The van der Waals surface area contributed by atoms with Gasteiger partial charge in [0.05, 0.1) is 5.56 Å². The number of furan rings is 1. The Morgan fingerprint density at radius 3 is 2.21 bits per heavy atom. The van der Waals surface area contributed by atoms with Crippen LogP contribution >= 0.6 is 0 Å². The molecule has 0 atom stereocenters. The van der Waals surface area contributed by atoms with Crippen LogP contribution in [-0.4, -0.2) is 4.98 Å². The van der Waals surface area contributed by atoms with E-state index in [1.807, 2.05) is 24.3 Å². The average Bonchev–Trinajstić information content (AvgIpc) is 3.38. The molecular weight excluding hydrogens is 420 g/mol. The van der Waals surface area contributed by atoms with Crippen LogP contribution in [0.2, 0.25) is 0 Å². The van der Waals surface area contributed by atoms with Gasteiger partial charge in [0.15, 0.2) is 0 Å². The summed E-state index contributed by atoms with van der Waals surface area (Å²) < 4.78 is 15.3. The Labute approximate surface area is 198 Å². The molecule has 0 bridgehead atoms. The maximum absolute atomic E-state index is 6.72. The summed E-state index contributed by atoms with van der Waals surface area (Å²) in [6.45, 7) is 8.49. The van der Waals surface area contributed by atoms with Crippen molar-refractivity contribution < 1.29 is 13.4 Å². The van der Waals surface area contributed by atoms with Gasteiger partial charge in [-0.15, -0.1) is 4.57 Å². The van der Waals surface area contributed by atoms with E-state index in [9.17, 15) is 0 Å². The summed E-state index contributed by atoms with van der Waals surface area (Å²) in [5.74, 6) is 1.65. The van der Waals surface area contributed by atoms with Crippen LogP contribution in [0.5, 0.6) is 0 Å². The van der Waals surface area contributed by atoms with Crippen LogP contribution in [0.1, 0.15) is 22.4 Å². The molecule has 6 aromatic rings. The van der Waals surface area contributed by atoms with Crippen LogP contribution in [0.25, 0.3) is 50.5 Å². The molecule has 0 spiro atoms. The van der Waals surface area contributed by atoms with Crippen LogP contribution in [0.3, 0.4) is 0 Å². The predicted octanol–water partition coefficient (Wildman–Crippen LogP) is 7.42. The molecule has 0 unspecified atom stereocenters. The monoisotopic (exact) mass is 445 g/mol. The number of benzene rings is 3. The smallest absolute Gasteiger partial charge is 0.387 e. The lowest BCUT2D eigenvalue weighted by atomic mass is 10.0. The third-order valence-corrected chi connectivity index (χ3v) is 6.61. The van der Waals surface area contributed by atoms with Crippen LogP contribution in [-0.2, 0) is 0 Å². The molecule has 0 amide bonds. The number of pyridine rings is 1. The largest absolute Gasteiger partial charge is 0.431 e. The summed E-state index contributed by atoms with van der Waals surface area (Å²) in [6, 6.07) is 24.9. The molecule has 3 aromatic heterocycles. The highest BCUT2D eigenvalue weighted by atomic mass is 16.4. The van der Waals surface area contributed by atoms with E-state index in [1.54, 1.807) is 6.20 Å². The van der Waals surface area contributed by atoms with Gasteiger partial charge in [0.1, 0.15) is 0 Å². The fraction of sp³-hybridized carbons (Fsp3) is 0.133. The molecule has 0 saturated carbocycles. The lowest BCUT2D eigenvalue weighted by Crippen LogP contribution is -2.35.